The molecular weight excluding hydrogens is 431 g/mol. The Balaban J connectivity index is 1.66. The van der Waals surface area contributed by atoms with Gasteiger partial charge in [0.05, 0.1) is 16.8 Å². The summed E-state index contributed by atoms with van der Waals surface area (Å²) in [5.74, 6) is -4.24. The molecule has 0 saturated heterocycles. The van der Waals surface area contributed by atoms with Gasteiger partial charge in [-0.15, -0.1) is 0 Å². The summed E-state index contributed by atoms with van der Waals surface area (Å²) < 4.78 is 42.9. The Morgan fingerprint density at radius 2 is 1.64 bits per heavy atom. The number of pyridine rings is 1. The second kappa shape index (κ2) is 8.33. The highest BCUT2D eigenvalue weighted by atomic mass is 19.1. The van der Waals surface area contributed by atoms with Crippen LogP contribution in [0.3, 0.4) is 0 Å². The van der Waals surface area contributed by atoms with Crippen molar-refractivity contribution in [3.05, 3.63) is 53.5 Å². The molecular formula is C25H24F3N3O2. The number of fused-ring (bicyclic) bond motifs is 1. The molecule has 1 aromatic heterocycles. The van der Waals surface area contributed by atoms with Gasteiger partial charge in [0, 0.05) is 41.2 Å². The van der Waals surface area contributed by atoms with Gasteiger partial charge < -0.3 is 16.2 Å². The number of carbonyl (C=O) groups is 1. The van der Waals surface area contributed by atoms with Crippen molar-refractivity contribution >= 4 is 22.4 Å². The molecule has 1 heterocycles. The number of nitrogens with zero attached hydrogens (tertiary/aromatic N) is 1. The molecule has 3 aromatic rings. The SMILES string of the molecule is N[C@H]1CC[C@H](Nc2c(C(=O)C3CC3)cnc3cc(F)c(-c4cc(F)c(O)c(F)c4)cc23)CC1. The topological polar surface area (TPSA) is 88.2 Å². The van der Waals surface area contributed by atoms with Gasteiger partial charge in [0.25, 0.3) is 0 Å². The molecule has 0 unspecified atom stereocenters. The van der Waals surface area contributed by atoms with E-state index in [0.29, 0.717) is 22.2 Å². The van der Waals surface area contributed by atoms with Crippen LogP contribution >= 0.6 is 0 Å². The number of benzene rings is 2. The number of ketones is 1. The van der Waals surface area contributed by atoms with E-state index in [1.54, 1.807) is 0 Å². The monoisotopic (exact) mass is 455 g/mol. The summed E-state index contributed by atoms with van der Waals surface area (Å²) in [4.78, 5) is 17.3. The lowest BCUT2D eigenvalue weighted by molar-refractivity contribution is 0.0968. The Hall–Kier alpha value is -3.13. The van der Waals surface area contributed by atoms with Crippen LogP contribution in [0.5, 0.6) is 5.75 Å². The molecule has 0 atom stereocenters. The summed E-state index contributed by atoms with van der Waals surface area (Å²) in [5.41, 5.74) is 7.27. The maximum absolute atomic E-state index is 15.0. The molecule has 2 fully saturated rings. The van der Waals surface area contributed by atoms with Crippen LogP contribution in [0.25, 0.3) is 22.0 Å². The van der Waals surface area contributed by atoms with Gasteiger partial charge in [0.1, 0.15) is 5.82 Å². The molecule has 2 aliphatic rings. The number of carbonyl (C=O) groups excluding carboxylic acids is 1. The van der Waals surface area contributed by atoms with Crippen molar-refractivity contribution in [2.75, 3.05) is 5.32 Å². The predicted octanol–water partition coefficient (Wildman–Crippen LogP) is 5.30. The zero-order chi connectivity index (χ0) is 23.3. The molecule has 0 aliphatic heterocycles. The van der Waals surface area contributed by atoms with Crippen LogP contribution in [-0.2, 0) is 0 Å². The molecule has 2 aliphatic carbocycles. The average Bonchev–Trinajstić information content (AvgIpc) is 3.63. The second-order valence-corrected chi connectivity index (χ2v) is 9.08. The largest absolute Gasteiger partial charge is 0.503 e. The smallest absolute Gasteiger partial charge is 0.187 e. The maximum atomic E-state index is 15.0. The number of Topliss-reactive ketones (excluding diaryl/α,β-unsaturated/α-hetero) is 1. The summed E-state index contributed by atoms with van der Waals surface area (Å²) in [7, 11) is 0. The fraction of sp³-hybridized carbons (Fsp3) is 0.360. The first-order valence-corrected chi connectivity index (χ1v) is 11.2. The third kappa shape index (κ3) is 4.15. The van der Waals surface area contributed by atoms with Crippen LogP contribution in [0.1, 0.15) is 48.9 Å². The summed E-state index contributed by atoms with van der Waals surface area (Å²) in [6.45, 7) is 0. The highest BCUT2D eigenvalue weighted by molar-refractivity contribution is 6.10. The van der Waals surface area contributed by atoms with Crippen molar-refractivity contribution in [1.29, 1.82) is 0 Å². The number of halogens is 3. The lowest BCUT2D eigenvalue weighted by Crippen LogP contribution is -2.33. The van der Waals surface area contributed by atoms with E-state index in [2.05, 4.69) is 10.3 Å². The number of phenolic OH excluding ortho intramolecular Hbond substituents is 1. The lowest BCUT2D eigenvalue weighted by atomic mass is 9.91. The molecule has 0 radical (unpaired) electrons. The highest BCUT2D eigenvalue weighted by Gasteiger charge is 2.33. The molecule has 0 spiro atoms. The number of nitrogens with one attached hydrogen (secondary N) is 1. The van der Waals surface area contributed by atoms with E-state index < -0.39 is 23.2 Å². The zero-order valence-electron chi connectivity index (χ0n) is 17.9. The molecule has 5 rings (SSSR count). The van der Waals surface area contributed by atoms with E-state index in [4.69, 9.17) is 5.73 Å². The van der Waals surface area contributed by atoms with Crippen LogP contribution in [0.2, 0.25) is 0 Å². The van der Waals surface area contributed by atoms with Crippen LogP contribution in [-0.4, -0.2) is 28.0 Å². The average molecular weight is 455 g/mol. The van der Waals surface area contributed by atoms with Crippen LogP contribution < -0.4 is 11.1 Å². The Labute approximate surface area is 188 Å². The van der Waals surface area contributed by atoms with Gasteiger partial charge in [0.15, 0.2) is 23.2 Å². The van der Waals surface area contributed by atoms with Gasteiger partial charge in [-0.25, -0.2) is 13.2 Å². The fourth-order valence-corrected chi connectivity index (χ4v) is 4.53. The third-order valence-electron chi connectivity index (χ3n) is 6.62. The Bertz CT molecular complexity index is 1230. The van der Waals surface area contributed by atoms with Gasteiger partial charge in [-0.1, -0.05) is 0 Å². The van der Waals surface area contributed by atoms with Gasteiger partial charge in [0.2, 0.25) is 0 Å². The summed E-state index contributed by atoms with van der Waals surface area (Å²) in [5, 5.41) is 13.4. The van der Waals surface area contributed by atoms with Crippen LogP contribution in [0.4, 0.5) is 18.9 Å². The molecule has 0 amide bonds. The van der Waals surface area contributed by atoms with Crippen LogP contribution in [0, 0.1) is 23.4 Å². The number of aromatic hydroxyl groups is 1. The number of hydrogen-bond donors (Lipinski definition) is 3. The van der Waals surface area contributed by atoms with Gasteiger partial charge in [-0.3, -0.25) is 9.78 Å². The molecule has 33 heavy (non-hydrogen) atoms. The van der Waals surface area contributed by atoms with Crippen LogP contribution in [0.15, 0.2) is 30.5 Å². The van der Waals surface area contributed by atoms with Gasteiger partial charge in [-0.2, -0.15) is 0 Å². The quantitative estimate of drug-likeness (QED) is 0.455. The first kappa shape index (κ1) is 21.7. The minimum atomic E-state index is -1.18. The molecule has 2 saturated carbocycles. The number of aromatic nitrogens is 1. The van der Waals surface area contributed by atoms with Gasteiger partial charge in [-0.05, 0) is 62.3 Å². The van der Waals surface area contributed by atoms with E-state index in [9.17, 15) is 23.1 Å². The Morgan fingerprint density at radius 1 is 0.970 bits per heavy atom. The number of anilines is 1. The lowest BCUT2D eigenvalue weighted by Gasteiger charge is -2.29. The minimum absolute atomic E-state index is 0.00740. The first-order chi connectivity index (χ1) is 15.8. The number of rotatable bonds is 5. The normalized spacial score (nSPS) is 20.7. The Morgan fingerprint density at radius 3 is 2.27 bits per heavy atom. The van der Waals surface area contributed by atoms with E-state index in [-0.39, 0.29) is 34.9 Å². The maximum Gasteiger partial charge on any atom is 0.187 e. The van der Waals surface area contributed by atoms with Crippen molar-refractivity contribution < 1.29 is 23.1 Å². The van der Waals surface area contributed by atoms with Gasteiger partial charge >= 0.3 is 0 Å². The summed E-state index contributed by atoms with van der Waals surface area (Å²) >= 11 is 0. The van der Waals surface area contributed by atoms with E-state index in [0.717, 1.165) is 50.7 Å². The third-order valence-corrected chi connectivity index (χ3v) is 6.62. The number of hydrogen-bond acceptors (Lipinski definition) is 5. The Kier molecular flexibility index (Phi) is 5.48. The van der Waals surface area contributed by atoms with Crippen molar-refractivity contribution in [2.24, 2.45) is 11.7 Å². The number of phenols is 1. The van der Waals surface area contributed by atoms with Crippen molar-refractivity contribution in [3.63, 3.8) is 0 Å². The standard InChI is InChI=1S/C25H24F3N3O2/c26-19-10-22-17(9-16(19)13-7-20(27)25(33)21(28)8-13)23(31-15-5-3-14(29)4-6-15)18(11-30-22)24(32)12-1-2-12/h7-12,14-15,33H,1-6,29H2,(H,30,31)/t14-,15-. The van der Waals surface area contributed by atoms with E-state index >= 15 is 0 Å². The minimum Gasteiger partial charge on any atom is -0.503 e. The molecule has 4 N–H and O–H groups in total. The van der Waals surface area contributed by atoms with Crippen molar-refractivity contribution in [2.45, 2.75) is 50.6 Å². The first-order valence-electron chi connectivity index (χ1n) is 11.2. The molecule has 2 aromatic carbocycles. The van der Waals surface area contributed by atoms with Crippen molar-refractivity contribution in [3.8, 4) is 16.9 Å². The summed E-state index contributed by atoms with van der Waals surface area (Å²) in [6, 6.07) is 4.67. The van der Waals surface area contributed by atoms with E-state index in [1.165, 1.54) is 18.3 Å². The molecule has 5 nitrogen and oxygen atoms in total. The summed E-state index contributed by atoms with van der Waals surface area (Å²) in [6.07, 6.45) is 6.54. The predicted molar refractivity (Wildman–Crippen MR) is 120 cm³/mol. The van der Waals surface area contributed by atoms with Crippen molar-refractivity contribution in [1.82, 2.24) is 4.98 Å². The molecule has 8 heteroatoms. The molecule has 172 valence electrons. The zero-order valence-corrected chi connectivity index (χ0v) is 17.9. The van der Waals surface area contributed by atoms with E-state index in [1.807, 2.05) is 0 Å². The second-order valence-electron chi connectivity index (χ2n) is 9.08. The molecule has 0 bridgehead atoms. The fourth-order valence-electron chi connectivity index (χ4n) is 4.53. The highest BCUT2D eigenvalue weighted by Crippen LogP contribution is 2.39. The number of nitrogens with two attached hydrogens (primary N) is 1.